The van der Waals surface area contributed by atoms with E-state index in [0.717, 1.165) is 4.47 Å². The molecule has 1 rings (SSSR count). The van der Waals surface area contributed by atoms with Crippen LogP contribution in [0.3, 0.4) is 0 Å². The zero-order valence-electron chi connectivity index (χ0n) is 5.38. The SMILES string of the molecule is C=C[Se]c1ccc(Br)cc1. The molecule has 0 N–H and O–H groups in total. The van der Waals surface area contributed by atoms with Crippen LogP contribution in [0, 0.1) is 0 Å². The van der Waals surface area contributed by atoms with Gasteiger partial charge in [-0.2, -0.15) is 0 Å². The van der Waals surface area contributed by atoms with Crippen LogP contribution in [0.2, 0.25) is 0 Å². The Labute approximate surface area is 75.6 Å². The monoisotopic (exact) mass is 262 g/mol. The summed E-state index contributed by atoms with van der Waals surface area (Å²) in [6, 6.07) is 8.35. The molecule has 0 fully saturated rings. The van der Waals surface area contributed by atoms with Gasteiger partial charge in [-0.25, -0.2) is 0 Å². The third-order valence-corrected chi connectivity index (χ3v) is 3.05. The molecule has 0 radical (unpaired) electrons. The van der Waals surface area contributed by atoms with Gasteiger partial charge in [0.1, 0.15) is 0 Å². The van der Waals surface area contributed by atoms with Gasteiger partial charge < -0.3 is 0 Å². The van der Waals surface area contributed by atoms with Crippen LogP contribution in [0.1, 0.15) is 0 Å². The molecule has 0 atom stereocenters. The van der Waals surface area contributed by atoms with E-state index in [4.69, 9.17) is 0 Å². The summed E-state index contributed by atoms with van der Waals surface area (Å²) >= 11 is 3.82. The first-order valence-corrected chi connectivity index (χ1v) is 5.50. The van der Waals surface area contributed by atoms with E-state index in [1.165, 1.54) is 4.46 Å². The van der Waals surface area contributed by atoms with Crippen molar-refractivity contribution in [3.63, 3.8) is 0 Å². The topological polar surface area (TPSA) is 0 Å². The van der Waals surface area contributed by atoms with Gasteiger partial charge in [-0.05, 0) is 0 Å². The predicted molar refractivity (Wildman–Crippen MR) is 49.7 cm³/mol. The molecule has 1 aromatic carbocycles. The van der Waals surface area contributed by atoms with Crippen LogP contribution in [0.4, 0.5) is 0 Å². The van der Waals surface area contributed by atoms with Crippen molar-refractivity contribution in [1.29, 1.82) is 0 Å². The number of rotatable bonds is 2. The fourth-order valence-corrected chi connectivity index (χ4v) is 1.89. The molecule has 0 heterocycles. The van der Waals surface area contributed by atoms with Crippen LogP contribution in [0.5, 0.6) is 0 Å². The zero-order chi connectivity index (χ0) is 7.40. The average molecular weight is 262 g/mol. The van der Waals surface area contributed by atoms with Crippen molar-refractivity contribution in [2.45, 2.75) is 0 Å². The molecule has 52 valence electrons. The average Bonchev–Trinajstić information content (AvgIpc) is 1.95. The molecule has 0 aliphatic carbocycles. The van der Waals surface area contributed by atoms with E-state index in [1.54, 1.807) is 0 Å². The van der Waals surface area contributed by atoms with Crippen molar-refractivity contribution in [2.24, 2.45) is 0 Å². The second-order valence-corrected chi connectivity index (χ2v) is 4.84. The van der Waals surface area contributed by atoms with Gasteiger partial charge in [0, 0.05) is 0 Å². The Hall–Kier alpha value is -0.0405. The molecule has 0 aliphatic rings. The first-order chi connectivity index (χ1) is 4.83. The van der Waals surface area contributed by atoms with E-state index >= 15 is 0 Å². The summed E-state index contributed by atoms with van der Waals surface area (Å²) < 4.78 is 2.50. The van der Waals surface area contributed by atoms with Crippen LogP contribution >= 0.6 is 15.9 Å². The van der Waals surface area contributed by atoms with Crippen LogP contribution in [0.25, 0.3) is 0 Å². The Bertz CT molecular complexity index is 215. The normalized spacial score (nSPS) is 9.30. The molecule has 0 unspecified atom stereocenters. The fourth-order valence-electron chi connectivity index (χ4n) is 0.609. The minimum atomic E-state index is 0.445. The molecule has 0 aliphatic heterocycles. The van der Waals surface area contributed by atoms with Crippen LogP contribution in [-0.2, 0) is 0 Å². The van der Waals surface area contributed by atoms with Gasteiger partial charge in [0.25, 0.3) is 0 Å². The molecule has 1 aromatic rings. The van der Waals surface area contributed by atoms with Gasteiger partial charge in [0.15, 0.2) is 0 Å². The Kier molecular flexibility index (Phi) is 3.20. The van der Waals surface area contributed by atoms with Gasteiger partial charge in [-0.3, -0.25) is 0 Å². The van der Waals surface area contributed by atoms with Gasteiger partial charge >= 0.3 is 75.6 Å². The summed E-state index contributed by atoms with van der Waals surface area (Å²) in [7, 11) is 0. The molecule has 10 heavy (non-hydrogen) atoms. The summed E-state index contributed by atoms with van der Waals surface area (Å²) in [6.45, 7) is 3.69. The molecule has 0 spiro atoms. The summed E-state index contributed by atoms with van der Waals surface area (Å²) in [5, 5.41) is 0. The molecule has 0 aromatic heterocycles. The molecule has 0 saturated heterocycles. The first-order valence-electron chi connectivity index (χ1n) is 2.86. The van der Waals surface area contributed by atoms with E-state index in [-0.39, 0.29) is 0 Å². The van der Waals surface area contributed by atoms with Gasteiger partial charge in [-0.15, -0.1) is 0 Å². The van der Waals surface area contributed by atoms with Crippen molar-refractivity contribution < 1.29 is 0 Å². The molecule has 2 heteroatoms. The first kappa shape index (κ1) is 8.06. The van der Waals surface area contributed by atoms with E-state index in [2.05, 4.69) is 46.8 Å². The summed E-state index contributed by atoms with van der Waals surface area (Å²) in [5.74, 6) is 0. The van der Waals surface area contributed by atoms with E-state index in [0.29, 0.717) is 15.0 Å². The maximum atomic E-state index is 3.69. The van der Waals surface area contributed by atoms with E-state index in [1.807, 2.05) is 4.97 Å². The number of halogens is 1. The second-order valence-electron chi connectivity index (χ2n) is 1.74. The second kappa shape index (κ2) is 3.97. The molecular weight excluding hydrogens is 255 g/mol. The molecular formula is C8H7BrSe. The van der Waals surface area contributed by atoms with Crippen molar-refractivity contribution in [1.82, 2.24) is 0 Å². The summed E-state index contributed by atoms with van der Waals surface area (Å²) in [4.78, 5) is 1.97. The predicted octanol–water partition coefficient (Wildman–Crippen LogP) is 1.92. The zero-order valence-corrected chi connectivity index (χ0v) is 8.68. The molecule has 0 bridgehead atoms. The standard InChI is InChI=1S/C8H7BrSe/c1-2-10-8-5-3-7(9)4-6-8/h2-6H,1H2. The maximum absolute atomic E-state index is 3.69. The van der Waals surface area contributed by atoms with Gasteiger partial charge in [0.2, 0.25) is 0 Å². The van der Waals surface area contributed by atoms with E-state index in [9.17, 15) is 0 Å². The van der Waals surface area contributed by atoms with Crippen LogP contribution < -0.4 is 4.46 Å². The molecule has 0 saturated carbocycles. The summed E-state index contributed by atoms with van der Waals surface area (Å²) in [6.07, 6.45) is 0. The number of benzene rings is 1. The van der Waals surface area contributed by atoms with Crippen molar-refractivity contribution >= 4 is 35.3 Å². The van der Waals surface area contributed by atoms with Crippen LogP contribution in [0.15, 0.2) is 40.3 Å². The fraction of sp³-hybridized carbons (Fsp3) is 0. The Morgan fingerprint density at radius 3 is 2.40 bits per heavy atom. The minimum absolute atomic E-state index is 0.445. The Balaban J connectivity index is 2.78. The van der Waals surface area contributed by atoms with Gasteiger partial charge in [-0.1, -0.05) is 0 Å². The molecule has 0 nitrogen and oxygen atoms in total. The number of hydrogen-bond donors (Lipinski definition) is 0. The van der Waals surface area contributed by atoms with Crippen molar-refractivity contribution in [2.75, 3.05) is 0 Å². The third-order valence-electron chi connectivity index (χ3n) is 1.03. The third kappa shape index (κ3) is 2.30. The van der Waals surface area contributed by atoms with Crippen molar-refractivity contribution in [3.8, 4) is 0 Å². The van der Waals surface area contributed by atoms with Crippen LogP contribution in [-0.4, -0.2) is 15.0 Å². The van der Waals surface area contributed by atoms with Gasteiger partial charge in [0.05, 0.1) is 0 Å². The Morgan fingerprint density at radius 1 is 1.30 bits per heavy atom. The van der Waals surface area contributed by atoms with E-state index < -0.39 is 0 Å². The van der Waals surface area contributed by atoms with Crippen molar-refractivity contribution in [3.05, 3.63) is 40.3 Å². The quantitative estimate of drug-likeness (QED) is 0.714. The molecule has 0 amide bonds. The summed E-state index contributed by atoms with van der Waals surface area (Å²) in [5.41, 5.74) is 0. The Morgan fingerprint density at radius 2 is 1.90 bits per heavy atom. The number of hydrogen-bond acceptors (Lipinski definition) is 0.